The summed E-state index contributed by atoms with van der Waals surface area (Å²) in [4.78, 5) is 42.5. The molecule has 224 valence electrons. The Morgan fingerprint density at radius 3 is 1.98 bits per heavy atom. The highest BCUT2D eigenvalue weighted by atomic mass is 16.4. The molecule has 0 saturated heterocycles. The van der Waals surface area contributed by atoms with E-state index in [1.54, 1.807) is 30.2 Å². The van der Waals surface area contributed by atoms with Crippen LogP contribution >= 0.6 is 0 Å². The van der Waals surface area contributed by atoms with Crippen LogP contribution in [-0.4, -0.2) is 34.2 Å². The lowest BCUT2D eigenvalue weighted by atomic mass is 9.86. The van der Waals surface area contributed by atoms with Gasteiger partial charge in [-0.2, -0.15) is 0 Å². The molecule has 0 saturated carbocycles. The van der Waals surface area contributed by atoms with Crippen LogP contribution in [0.5, 0.6) is 0 Å². The molecule has 0 radical (unpaired) electrons. The number of hydrogen-bond acceptors (Lipinski definition) is 4. The van der Waals surface area contributed by atoms with Crippen molar-refractivity contribution >= 4 is 56.3 Å². The summed E-state index contributed by atoms with van der Waals surface area (Å²) in [5, 5.41) is 24.9. The maximum Gasteiger partial charge on any atom is 0.335 e. The fourth-order valence-corrected chi connectivity index (χ4v) is 5.74. The minimum Gasteiger partial charge on any atom is -0.478 e. The summed E-state index contributed by atoms with van der Waals surface area (Å²) < 4.78 is 0. The van der Waals surface area contributed by atoms with Gasteiger partial charge in [0.05, 0.1) is 11.1 Å². The van der Waals surface area contributed by atoms with E-state index in [4.69, 9.17) is 10.2 Å². The van der Waals surface area contributed by atoms with Crippen LogP contribution < -0.4 is 0 Å². The number of aromatic carboxylic acids is 2. The summed E-state index contributed by atoms with van der Waals surface area (Å²) in [7, 11) is 0. The third-order valence-electron chi connectivity index (χ3n) is 8.11. The number of aryl methyl sites for hydroxylation is 3. The fraction of sp³-hybridized carbons (Fsp3) is 0.128. The minimum atomic E-state index is -1.12. The zero-order valence-electron chi connectivity index (χ0n) is 24.8. The Balaban J connectivity index is 0.000000136. The van der Waals surface area contributed by atoms with Crippen LogP contribution in [0.3, 0.4) is 0 Å². The summed E-state index contributed by atoms with van der Waals surface area (Å²) in [6, 6.07) is 34.9. The van der Waals surface area contributed by atoms with Gasteiger partial charge in [0, 0.05) is 5.56 Å². The highest BCUT2D eigenvalue weighted by Crippen LogP contribution is 2.33. The lowest BCUT2D eigenvalue weighted by Crippen LogP contribution is -2.03. The number of rotatable bonds is 4. The van der Waals surface area contributed by atoms with Gasteiger partial charge in [-0.25, -0.2) is 9.59 Å². The van der Waals surface area contributed by atoms with Gasteiger partial charge in [-0.05, 0) is 99.8 Å². The van der Waals surface area contributed by atoms with Crippen LogP contribution in [0.4, 0.5) is 0 Å². The molecule has 0 fully saturated rings. The molecule has 0 spiro atoms. The van der Waals surface area contributed by atoms with Gasteiger partial charge in [0.1, 0.15) is 0 Å². The highest BCUT2D eigenvalue weighted by Gasteiger charge is 2.13. The van der Waals surface area contributed by atoms with Gasteiger partial charge < -0.3 is 10.2 Å². The molecule has 0 amide bonds. The van der Waals surface area contributed by atoms with E-state index in [0.717, 1.165) is 16.8 Å². The Morgan fingerprint density at radius 2 is 1.24 bits per heavy atom. The first-order valence-corrected chi connectivity index (χ1v) is 14.7. The first kappa shape index (κ1) is 30.8. The van der Waals surface area contributed by atoms with E-state index >= 15 is 0 Å². The zero-order chi connectivity index (χ0) is 31.9. The number of carboxylic acids is 2. The van der Waals surface area contributed by atoms with E-state index < -0.39 is 17.7 Å². The second-order valence-corrected chi connectivity index (χ2v) is 11.0. The zero-order valence-corrected chi connectivity index (χ0v) is 24.8. The number of carboxylic acid groups (broad SMARTS) is 2. The monoisotopic (exact) mass is 596 g/mol. The van der Waals surface area contributed by atoms with Gasteiger partial charge in [0.25, 0.3) is 0 Å². The normalized spacial score (nSPS) is 11.8. The first-order chi connectivity index (χ1) is 21.8. The molecule has 0 aliphatic heterocycles. The number of fused-ring (bicyclic) bond motifs is 6. The van der Waals surface area contributed by atoms with Gasteiger partial charge in [-0.3, -0.25) is 9.59 Å². The molecular formula is C39H32O6. The van der Waals surface area contributed by atoms with Crippen LogP contribution in [0.2, 0.25) is 0 Å². The van der Waals surface area contributed by atoms with Crippen molar-refractivity contribution in [3.63, 3.8) is 0 Å². The lowest BCUT2D eigenvalue weighted by Gasteiger charge is -2.18. The van der Waals surface area contributed by atoms with E-state index in [1.807, 2.05) is 30.3 Å². The number of ketones is 1. The number of Topliss-reactive ketones (excluding diaryl/α,β-unsaturated/α-hetero) is 1. The van der Waals surface area contributed by atoms with Crippen molar-refractivity contribution in [2.75, 3.05) is 0 Å². The van der Waals surface area contributed by atoms with E-state index in [0.29, 0.717) is 17.4 Å². The van der Waals surface area contributed by atoms with Gasteiger partial charge >= 0.3 is 11.9 Å². The van der Waals surface area contributed by atoms with Crippen LogP contribution in [-0.2, 0) is 17.6 Å². The number of aldehydes is 1. The van der Waals surface area contributed by atoms with E-state index in [2.05, 4.69) is 48.5 Å². The Morgan fingerprint density at radius 1 is 0.600 bits per heavy atom. The maximum atomic E-state index is 11.1. The van der Waals surface area contributed by atoms with Crippen molar-refractivity contribution in [3.05, 3.63) is 143 Å². The summed E-state index contributed by atoms with van der Waals surface area (Å²) in [6.07, 6.45) is 5.55. The average molecular weight is 597 g/mol. The molecule has 1 aliphatic rings. The smallest absolute Gasteiger partial charge is 0.335 e. The van der Waals surface area contributed by atoms with Gasteiger partial charge in [0.2, 0.25) is 5.78 Å². The van der Waals surface area contributed by atoms with Gasteiger partial charge in [-0.15, -0.1) is 0 Å². The summed E-state index contributed by atoms with van der Waals surface area (Å²) >= 11 is 0. The standard InChI is InChI=1S/C18H16.C12H8O2.C9H8O4/c1-3-7-15-13(5-1)9-11-18-16-8-4-2-6-14(16)10-12-17(15)18;13-8-12(14)11-6-5-9-3-1-2-4-10(9)7-11;1-5-2-3-6(8(10)11)4-7(5)9(12)13/h1,3,5,7,9-12H,2,4,6,8H2;1-8H;2-4H,1H3,(H,10,11)(H,12,13). The second kappa shape index (κ2) is 13.8. The largest absolute Gasteiger partial charge is 0.478 e. The topological polar surface area (TPSA) is 109 Å². The number of carbonyl (C=O) groups excluding carboxylic acids is 2. The van der Waals surface area contributed by atoms with Gasteiger partial charge in [-0.1, -0.05) is 91.0 Å². The number of benzene rings is 6. The summed E-state index contributed by atoms with van der Waals surface area (Å²) in [5.74, 6) is -2.71. The molecule has 0 aromatic heterocycles. The lowest BCUT2D eigenvalue weighted by molar-refractivity contribution is -0.104. The van der Waals surface area contributed by atoms with E-state index in [1.165, 1.54) is 59.4 Å². The van der Waals surface area contributed by atoms with Crippen molar-refractivity contribution in [2.24, 2.45) is 0 Å². The molecule has 6 aromatic carbocycles. The van der Waals surface area contributed by atoms with Crippen molar-refractivity contribution in [3.8, 4) is 0 Å². The Labute approximate surface area is 260 Å². The van der Waals surface area contributed by atoms with Crippen molar-refractivity contribution in [1.82, 2.24) is 0 Å². The van der Waals surface area contributed by atoms with Crippen LogP contribution in [0.15, 0.2) is 109 Å². The molecule has 1 aliphatic carbocycles. The Kier molecular flexibility index (Phi) is 9.44. The SMILES string of the molecule is Cc1ccc(C(=O)O)cc1C(=O)O.O=CC(=O)c1ccc2ccccc2c1.c1ccc2c(c1)ccc1c3c(ccc12)CCCC3. The predicted octanol–water partition coefficient (Wildman–Crippen LogP) is 8.48. The average Bonchev–Trinajstić information content (AvgIpc) is 3.08. The van der Waals surface area contributed by atoms with Crippen molar-refractivity contribution in [1.29, 1.82) is 0 Å². The van der Waals surface area contributed by atoms with Crippen LogP contribution in [0, 0.1) is 6.92 Å². The number of hydrogen-bond donors (Lipinski definition) is 2. The molecule has 6 aromatic rings. The first-order valence-electron chi connectivity index (χ1n) is 14.7. The van der Waals surface area contributed by atoms with E-state index in [-0.39, 0.29) is 11.1 Å². The van der Waals surface area contributed by atoms with Crippen molar-refractivity contribution < 1.29 is 29.4 Å². The maximum absolute atomic E-state index is 11.1. The van der Waals surface area contributed by atoms with Crippen molar-refractivity contribution in [2.45, 2.75) is 32.6 Å². The summed E-state index contributed by atoms with van der Waals surface area (Å²) in [5.41, 5.74) is 4.19. The summed E-state index contributed by atoms with van der Waals surface area (Å²) in [6.45, 7) is 1.62. The highest BCUT2D eigenvalue weighted by molar-refractivity contribution is 6.33. The Hall–Kier alpha value is -5.62. The predicted molar refractivity (Wildman–Crippen MR) is 178 cm³/mol. The molecule has 0 heterocycles. The fourth-order valence-electron chi connectivity index (χ4n) is 5.74. The third kappa shape index (κ3) is 6.97. The molecule has 45 heavy (non-hydrogen) atoms. The Bertz CT molecular complexity index is 2070. The molecule has 2 N–H and O–H groups in total. The molecule has 6 heteroatoms. The molecule has 6 nitrogen and oxygen atoms in total. The quantitative estimate of drug-likeness (QED) is 0.0914. The minimum absolute atomic E-state index is 0.0111. The molecule has 0 unspecified atom stereocenters. The van der Waals surface area contributed by atoms with Gasteiger partial charge in [0.15, 0.2) is 6.29 Å². The molecule has 0 bridgehead atoms. The molecule has 7 rings (SSSR count). The van der Waals surface area contributed by atoms with E-state index in [9.17, 15) is 19.2 Å². The second-order valence-electron chi connectivity index (χ2n) is 11.0. The van der Waals surface area contributed by atoms with Crippen LogP contribution in [0.1, 0.15) is 60.6 Å². The molecular weight excluding hydrogens is 564 g/mol. The number of carbonyl (C=O) groups is 4. The van der Waals surface area contributed by atoms with Crippen LogP contribution in [0.25, 0.3) is 32.3 Å². The third-order valence-corrected chi connectivity index (χ3v) is 8.11. The molecule has 0 atom stereocenters.